The molecule has 0 unspecified atom stereocenters. The zero-order valence-electron chi connectivity index (χ0n) is 9.00. The molecule has 2 heterocycles. The van der Waals surface area contributed by atoms with E-state index in [0.29, 0.717) is 18.9 Å². The van der Waals surface area contributed by atoms with Gasteiger partial charge < -0.3 is 10.1 Å². The molecular formula is C11H18N2O2. The number of allylic oxidation sites excluding steroid dienone is 1. The lowest BCUT2D eigenvalue weighted by Crippen LogP contribution is -2.45. The summed E-state index contributed by atoms with van der Waals surface area (Å²) in [6.45, 7) is 5.07. The minimum atomic E-state index is 0.136. The molecule has 4 heteroatoms. The maximum absolute atomic E-state index is 11.8. The quantitative estimate of drug-likeness (QED) is 0.720. The molecule has 0 aromatic carbocycles. The van der Waals surface area contributed by atoms with E-state index in [0.717, 1.165) is 39.0 Å². The van der Waals surface area contributed by atoms with E-state index < -0.39 is 0 Å². The van der Waals surface area contributed by atoms with Crippen molar-refractivity contribution in [3.63, 3.8) is 0 Å². The predicted molar refractivity (Wildman–Crippen MR) is 57.6 cm³/mol. The third-order valence-corrected chi connectivity index (χ3v) is 2.79. The van der Waals surface area contributed by atoms with Crippen molar-refractivity contribution in [3.8, 4) is 0 Å². The van der Waals surface area contributed by atoms with E-state index in [4.69, 9.17) is 4.74 Å². The molecular weight excluding hydrogens is 192 g/mol. The summed E-state index contributed by atoms with van der Waals surface area (Å²) in [5.41, 5.74) is 0. The number of hydrogen-bond donors (Lipinski definition) is 1. The Morgan fingerprint density at radius 1 is 1.47 bits per heavy atom. The van der Waals surface area contributed by atoms with Crippen LogP contribution in [0.15, 0.2) is 11.8 Å². The molecule has 2 aliphatic rings. The summed E-state index contributed by atoms with van der Waals surface area (Å²) < 4.78 is 5.35. The maximum Gasteiger partial charge on any atom is 0.210 e. The van der Waals surface area contributed by atoms with E-state index in [1.165, 1.54) is 0 Å². The summed E-state index contributed by atoms with van der Waals surface area (Å²) in [7, 11) is 0. The van der Waals surface area contributed by atoms with Gasteiger partial charge in [-0.2, -0.15) is 0 Å². The number of nitrogens with one attached hydrogen (secondary N) is 1. The molecule has 2 rings (SSSR count). The minimum Gasteiger partial charge on any atom is -0.490 e. The van der Waals surface area contributed by atoms with Crippen LogP contribution in [0.2, 0.25) is 0 Å². The highest BCUT2D eigenvalue weighted by Crippen LogP contribution is 2.11. The summed E-state index contributed by atoms with van der Waals surface area (Å²) in [5, 5.41) is 3.27. The van der Waals surface area contributed by atoms with Gasteiger partial charge in [0.05, 0.1) is 13.2 Å². The first-order valence-electron chi connectivity index (χ1n) is 5.65. The molecule has 0 radical (unpaired) electrons. The van der Waals surface area contributed by atoms with E-state index >= 15 is 0 Å². The van der Waals surface area contributed by atoms with Gasteiger partial charge in [0.2, 0.25) is 5.78 Å². The van der Waals surface area contributed by atoms with Crippen LogP contribution in [0.1, 0.15) is 12.8 Å². The second-order valence-corrected chi connectivity index (χ2v) is 4.01. The summed E-state index contributed by atoms with van der Waals surface area (Å²) in [6, 6.07) is 0. The second kappa shape index (κ2) is 5.28. The van der Waals surface area contributed by atoms with E-state index in [2.05, 4.69) is 10.2 Å². The fraction of sp³-hybridized carbons (Fsp3) is 0.727. The Labute approximate surface area is 90.3 Å². The number of ether oxygens (including phenoxy) is 1. The molecule has 0 atom stereocenters. The van der Waals surface area contributed by atoms with Gasteiger partial charge in [-0.15, -0.1) is 0 Å². The number of rotatable bonds is 3. The molecule has 0 spiro atoms. The molecule has 0 aromatic rings. The third-order valence-electron chi connectivity index (χ3n) is 2.79. The van der Waals surface area contributed by atoms with E-state index in [1.54, 1.807) is 0 Å². The summed E-state index contributed by atoms with van der Waals surface area (Å²) in [5.74, 6) is 0.719. The highest BCUT2D eigenvalue weighted by atomic mass is 16.5. The van der Waals surface area contributed by atoms with Gasteiger partial charge in [-0.1, -0.05) is 0 Å². The van der Waals surface area contributed by atoms with Crippen LogP contribution in [0.3, 0.4) is 0 Å². The average Bonchev–Trinajstić information content (AvgIpc) is 2.31. The van der Waals surface area contributed by atoms with Gasteiger partial charge in [0.15, 0.2) is 5.76 Å². The lowest BCUT2D eigenvalue weighted by molar-refractivity contribution is -0.120. The molecule has 1 saturated heterocycles. The van der Waals surface area contributed by atoms with Crippen LogP contribution in [0.5, 0.6) is 0 Å². The topological polar surface area (TPSA) is 41.6 Å². The van der Waals surface area contributed by atoms with Crippen molar-refractivity contribution >= 4 is 5.78 Å². The van der Waals surface area contributed by atoms with Crippen LogP contribution in [0, 0.1) is 0 Å². The molecule has 0 amide bonds. The smallest absolute Gasteiger partial charge is 0.210 e. The summed E-state index contributed by atoms with van der Waals surface area (Å²) in [4.78, 5) is 14.0. The summed E-state index contributed by atoms with van der Waals surface area (Å²) >= 11 is 0. The van der Waals surface area contributed by atoms with Crippen molar-refractivity contribution in [1.82, 2.24) is 10.2 Å². The summed E-state index contributed by atoms with van der Waals surface area (Å²) in [6.07, 6.45) is 3.93. The van der Waals surface area contributed by atoms with Crippen molar-refractivity contribution in [3.05, 3.63) is 11.8 Å². The van der Waals surface area contributed by atoms with Crippen LogP contribution in [0.4, 0.5) is 0 Å². The number of hydrogen-bond acceptors (Lipinski definition) is 4. The highest BCUT2D eigenvalue weighted by molar-refractivity contribution is 5.95. The fourth-order valence-electron chi connectivity index (χ4n) is 1.90. The van der Waals surface area contributed by atoms with Gasteiger partial charge in [0.1, 0.15) is 0 Å². The highest BCUT2D eigenvalue weighted by Gasteiger charge is 2.18. The van der Waals surface area contributed by atoms with Gasteiger partial charge in [-0.25, -0.2) is 0 Å². The van der Waals surface area contributed by atoms with Crippen molar-refractivity contribution in [1.29, 1.82) is 0 Å². The normalized spacial score (nSPS) is 23.1. The van der Waals surface area contributed by atoms with Crippen molar-refractivity contribution < 1.29 is 9.53 Å². The van der Waals surface area contributed by atoms with Crippen LogP contribution in [-0.2, 0) is 9.53 Å². The Morgan fingerprint density at radius 2 is 2.27 bits per heavy atom. The van der Waals surface area contributed by atoms with Gasteiger partial charge in [-0.05, 0) is 18.9 Å². The molecule has 0 saturated carbocycles. The third kappa shape index (κ3) is 3.04. The van der Waals surface area contributed by atoms with Gasteiger partial charge >= 0.3 is 0 Å². The Morgan fingerprint density at radius 3 is 2.93 bits per heavy atom. The average molecular weight is 210 g/mol. The fourth-order valence-corrected chi connectivity index (χ4v) is 1.90. The molecule has 4 nitrogen and oxygen atoms in total. The SMILES string of the molecule is O=C(CN1CCNCC1)C1=CCCCO1. The molecule has 0 aromatic heterocycles. The Kier molecular flexibility index (Phi) is 3.75. The van der Waals surface area contributed by atoms with Gasteiger partial charge in [0, 0.05) is 26.2 Å². The number of carbonyl (C=O) groups is 1. The first-order valence-corrected chi connectivity index (χ1v) is 5.65. The number of Topliss-reactive ketones (excluding diaryl/α,β-unsaturated/α-hetero) is 1. The molecule has 2 aliphatic heterocycles. The first kappa shape index (κ1) is 10.6. The van der Waals surface area contributed by atoms with Crippen LogP contribution >= 0.6 is 0 Å². The maximum atomic E-state index is 11.8. The molecule has 1 fully saturated rings. The number of carbonyl (C=O) groups excluding carboxylic acids is 1. The van der Waals surface area contributed by atoms with Crippen molar-refractivity contribution in [2.45, 2.75) is 12.8 Å². The number of nitrogens with zero attached hydrogens (tertiary/aromatic N) is 1. The van der Waals surface area contributed by atoms with Crippen molar-refractivity contribution in [2.75, 3.05) is 39.3 Å². The zero-order chi connectivity index (χ0) is 10.5. The van der Waals surface area contributed by atoms with Crippen LogP contribution < -0.4 is 5.32 Å². The van der Waals surface area contributed by atoms with E-state index in [-0.39, 0.29) is 5.78 Å². The second-order valence-electron chi connectivity index (χ2n) is 4.01. The van der Waals surface area contributed by atoms with Crippen LogP contribution in [-0.4, -0.2) is 50.0 Å². The Bertz CT molecular complexity index is 257. The molecule has 15 heavy (non-hydrogen) atoms. The monoisotopic (exact) mass is 210 g/mol. The van der Waals surface area contributed by atoms with Gasteiger partial charge in [-0.3, -0.25) is 9.69 Å². The number of ketones is 1. The largest absolute Gasteiger partial charge is 0.490 e. The van der Waals surface area contributed by atoms with E-state index in [9.17, 15) is 4.79 Å². The molecule has 1 N–H and O–H groups in total. The van der Waals surface area contributed by atoms with E-state index in [1.807, 2.05) is 6.08 Å². The molecule has 0 aliphatic carbocycles. The first-order chi connectivity index (χ1) is 7.36. The molecule has 0 bridgehead atoms. The van der Waals surface area contributed by atoms with Gasteiger partial charge in [0.25, 0.3) is 0 Å². The minimum absolute atomic E-state index is 0.136. The Balaban J connectivity index is 1.82. The predicted octanol–water partition coefficient (Wildman–Crippen LogP) is 0.155. The van der Waals surface area contributed by atoms with Crippen LogP contribution in [0.25, 0.3) is 0 Å². The molecule has 84 valence electrons. The standard InChI is InChI=1S/C11H18N2O2/c14-10(11-3-1-2-8-15-11)9-13-6-4-12-5-7-13/h3,12H,1-2,4-9H2. The Hall–Kier alpha value is -0.870. The number of piperazine rings is 1. The van der Waals surface area contributed by atoms with Crippen molar-refractivity contribution in [2.24, 2.45) is 0 Å². The lowest BCUT2D eigenvalue weighted by Gasteiger charge is -2.27. The zero-order valence-corrected chi connectivity index (χ0v) is 9.00. The lowest BCUT2D eigenvalue weighted by atomic mass is 10.2.